The normalized spacial score (nSPS) is 23.4. The number of hydrogen-bond acceptors (Lipinski definition) is 3. The summed E-state index contributed by atoms with van der Waals surface area (Å²) in [4.78, 5) is 10.9. The van der Waals surface area contributed by atoms with E-state index in [-0.39, 0.29) is 16.5 Å². The van der Waals surface area contributed by atoms with Gasteiger partial charge in [-0.2, -0.15) is 0 Å². The molecule has 1 aromatic rings. The lowest BCUT2D eigenvalue weighted by Gasteiger charge is -2.13. The van der Waals surface area contributed by atoms with E-state index in [1.54, 1.807) is 0 Å². The number of sulfonamides is 1. The maximum atomic E-state index is 12.2. The van der Waals surface area contributed by atoms with Crippen LogP contribution in [0.4, 0.5) is 0 Å². The minimum Gasteiger partial charge on any atom is -0.478 e. The zero-order valence-electron chi connectivity index (χ0n) is 10.7. The fourth-order valence-electron chi connectivity index (χ4n) is 2.40. The highest BCUT2D eigenvalue weighted by Crippen LogP contribution is 2.26. The Morgan fingerprint density at radius 1 is 1.37 bits per heavy atom. The molecule has 19 heavy (non-hydrogen) atoms. The molecule has 1 aliphatic carbocycles. The number of hydrogen-bond donors (Lipinski definition) is 2. The molecule has 1 aromatic carbocycles. The van der Waals surface area contributed by atoms with Crippen molar-refractivity contribution in [3.63, 3.8) is 0 Å². The molecule has 0 aliphatic heterocycles. The van der Waals surface area contributed by atoms with E-state index in [0.29, 0.717) is 5.92 Å². The van der Waals surface area contributed by atoms with Crippen molar-refractivity contribution in [3.8, 4) is 0 Å². The Balaban J connectivity index is 2.19. The predicted octanol–water partition coefficient (Wildman–Crippen LogP) is 1.85. The number of carbonyl (C=O) groups is 1. The third-order valence-electron chi connectivity index (χ3n) is 3.41. The summed E-state index contributed by atoms with van der Waals surface area (Å²) in [6.07, 6.45) is 2.68. The van der Waals surface area contributed by atoms with Crippen LogP contribution in [0.2, 0.25) is 0 Å². The topological polar surface area (TPSA) is 83.5 Å². The highest BCUT2D eigenvalue weighted by atomic mass is 32.2. The minimum atomic E-state index is -3.64. The molecule has 104 valence electrons. The molecule has 5 nitrogen and oxygen atoms in total. The van der Waals surface area contributed by atoms with Crippen molar-refractivity contribution in [1.29, 1.82) is 0 Å². The summed E-state index contributed by atoms with van der Waals surface area (Å²) in [5, 5.41) is 8.88. The van der Waals surface area contributed by atoms with Gasteiger partial charge in [-0.25, -0.2) is 17.9 Å². The van der Waals surface area contributed by atoms with E-state index in [4.69, 9.17) is 5.11 Å². The molecule has 0 saturated heterocycles. The lowest BCUT2D eigenvalue weighted by atomic mass is 10.1. The Morgan fingerprint density at radius 3 is 2.68 bits per heavy atom. The van der Waals surface area contributed by atoms with E-state index in [1.165, 1.54) is 24.3 Å². The van der Waals surface area contributed by atoms with Gasteiger partial charge < -0.3 is 5.11 Å². The first-order valence-electron chi connectivity index (χ1n) is 6.24. The Bertz CT molecular complexity index is 582. The second-order valence-electron chi connectivity index (χ2n) is 5.07. The summed E-state index contributed by atoms with van der Waals surface area (Å²) in [5.74, 6) is -0.607. The summed E-state index contributed by atoms with van der Waals surface area (Å²) in [5.41, 5.74) is -0.0253. The monoisotopic (exact) mass is 283 g/mol. The molecule has 1 fully saturated rings. The fraction of sp³-hybridized carbons (Fsp3) is 0.462. The van der Waals surface area contributed by atoms with Gasteiger partial charge in [-0.05, 0) is 43.4 Å². The van der Waals surface area contributed by atoms with Crippen LogP contribution in [-0.2, 0) is 10.0 Å². The van der Waals surface area contributed by atoms with Crippen LogP contribution in [0.25, 0.3) is 0 Å². The molecule has 2 N–H and O–H groups in total. The van der Waals surface area contributed by atoms with E-state index < -0.39 is 16.0 Å². The third-order valence-corrected chi connectivity index (χ3v) is 4.93. The number of aromatic carboxylic acids is 1. The highest BCUT2D eigenvalue weighted by Gasteiger charge is 2.26. The molecule has 0 heterocycles. The Hall–Kier alpha value is -1.40. The highest BCUT2D eigenvalue weighted by molar-refractivity contribution is 7.89. The summed E-state index contributed by atoms with van der Waals surface area (Å²) >= 11 is 0. The molecular weight excluding hydrogens is 266 g/mol. The molecule has 1 saturated carbocycles. The first-order valence-corrected chi connectivity index (χ1v) is 7.72. The quantitative estimate of drug-likeness (QED) is 0.883. The van der Waals surface area contributed by atoms with E-state index in [2.05, 4.69) is 11.6 Å². The van der Waals surface area contributed by atoms with Crippen molar-refractivity contribution in [1.82, 2.24) is 4.72 Å². The van der Waals surface area contributed by atoms with Gasteiger partial charge in [-0.15, -0.1) is 0 Å². The van der Waals surface area contributed by atoms with Crippen LogP contribution in [0, 0.1) is 5.92 Å². The average Bonchev–Trinajstić information content (AvgIpc) is 2.74. The maximum absolute atomic E-state index is 12.2. The lowest BCUT2D eigenvalue weighted by Crippen LogP contribution is -2.33. The standard InChI is InChI=1S/C13H17NO4S/c1-9-5-6-11(7-9)14-19(17,18)12-4-2-3-10(8-12)13(15)16/h2-4,8-9,11,14H,5-7H2,1H3,(H,15,16). The summed E-state index contributed by atoms with van der Waals surface area (Å²) in [7, 11) is -3.64. The van der Waals surface area contributed by atoms with Crippen molar-refractivity contribution in [3.05, 3.63) is 29.8 Å². The molecule has 0 radical (unpaired) electrons. The van der Waals surface area contributed by atoms with Gasteiger partial charge in [0.15, 0.2) is 0 Å². The van der Waals surface area contributed by atoms with Crippen LogP contribution >= 0.6 is 0 Å². The zero-order chi connectivity index (χ0) is 14.0. The second kappa shape index (κ2) is 5.30. The maximum Gasteiger partial charge on any atom is 0.335 e. The number of nitrogens with one attached hydrogen (secondary N) is 1. The van der Waals surface area contributed by atoms with Crippen LogP contribution in [0.3, 0.4) is 0 Å². The van der Waals surface area contributed by atoms with E-state index in [1.807, 2.05) is 0 Å². The van der Waals surface area contributed by atoms with Crippen molar-refractivity contribution in [2.45, 2.75) is 37.1 Å². The van der Waals surface area contributed by atoms with Crippen LogP contribution < -0.4 is 4.72 Å². The molecule has 1 aliphatic rings. The zero-order valence-corrected chi connectivity index (χ0v) is 11.5. The molecule has 2 unspecified atom stereocenters. The predicted molar refractivity (Wildman–Crippen MR) is 70.5 cm³/mol. The van der Waals surface area contributed by atoms with Gasteiger partial charge in [0.05, 0.1) is 10.5 Å². The molecule has 0 aromatic heterocycles. The molecular formula is C13H17NO4S. The molecule has 0 bridgehead atoms. The molecule has 2 rings (SSSR count). The number of rotatable bonds is 4. The van der Waals surface area contributed by atoms with Gasteiger partial charge >= 0.3 is 5.97 Å². The third kappa shape index (κ3) is 3.33. The Labute approximate surface area is 112 Å². The van der Waals surface area contributed by atoms with Gasteiger partial charge in [0.25, 0.3) is 0 Å². The van der Waals surface area contributed by atoms with E-state index >= 15 is 0 Å². The van der Waals surface area contributed by atoms with Gasteiger partial charge in [0.2, 0.25) is 10.0 Å². The van der Waals surface area contributed by atoms with Crippen LogP contribution in [0.1, 0.15) is 36.5 Å². The first-order chi connectivity index (χ1) is 8.88. The van der Waals surface area contributed by atoms with Gasteiger partial charge in [0, 0.05) is 6.04 Å². The summed E-state index contributed by atoms with van der Waals surface area (Å²) < 4.78 is 27.0. The number of carboxylic acid groups (broad SMARTS) is 1. The molecule has 0 spiro atoms. The molecule has 0 amide bonds. The average molecular weight is 283 g/mol. The minimum absolute atomic E-state index is 0.00644. The number of benzene rings is 1. The van der Waals surface area contributed by atoms with Crippen molar-refractivity contribution in [2.75, 3.05) is 0 Å². The van der Waals surface area contributed by atoms with Crippen LogP contribution in [0.15, 0.2) is 29.2 Å². The SMILES string of the molecule is CC1CCC(NS(=O)(=O)c2cccc(C(=O)O)c2)C1. The van der Waals surface area contributed by atoms with Crippen LogP contribution in [-0.4, -0.2) is 25.5 Å². The van der Waals surface area contributed by atoms with Crippen LogP contribution in [0.5, 0.6) is 0 Å². The summed E-state index contributed by atoms with van der Waals surface area (Å²) in [6, 6.07) is 5.36. The van der Waals surface area contributed by atoms with Gasteiger partial charge in [0.1, 0.15) is 0 Å². The fourth-order valence-corrected chi connectivity index (χ4v) is 3.73. The van der Waals surface area contributed by atoms with Gasteiger partial charge in [-0.1, -0.05) is 13.0 Å². The number of carboxylic acids is 1. The second-order valence-corrected chi connectivity index (χ2v) is 6.78. The summed E-state index contributed by atoms with van der Waals surface area (Å²) in [6.45, 7) is 2.10. The lowest BCUT2D eigenvalue weighted by molar-refractivity contribution is 0.0696. The molecule has 2 atom stereocenters. The smallest absolute Gasteiger partial charge is 0.335 e. The van der Waals surface area contributed by atoms with Crippen molar-refractivity contribution >= 4 is 16.0 Å². The molecule has 6 heteroatoms. The van der Waals surface area contributed by atoms with Crippen molar-refractivity contribution in [2.24, 2.45) is 5.92 Å². The van der Waals surface area contributed by atoms with E-state index in [0.717, 1.165) is 19.3 Å². The van der Waals surface area contributed by atoms with Gasteiger partial charge in [-0.3, -0.25) is 0 Å². The Kier molecular flexibility index (Phi) is 3.91. The largest absolute Gasteiger partial charge is 0.478 e. The van der Waals surface area contributed by atoms with E-state index in [9.17, 15) is 13.2 Å². The Morgan fingerprint density at radius 2 is 2.11 bits per heavy atom. The first kappa shape index (κ1) is 14.0. The van der Waals surface area contributed by atoms with Crippen molar-refractivity contribution < 1.29 is 18.3 Å².